The zero-order valence-corrected chi connectivity index (χ0v) is 12.3. The summed E-state index contributed by atoms with van der Waals surface area (Å²) < 4.78 is 1.05. The van der Waals surface area contributed by atoms with Crippen molar-refractivity contribution in [2.75, 3.05) is 0 Å². The highest BCUT2D eigenvalue weighted by Crippen LogP contribution is 2.22. The summed E-state index contributed by atoms with van der Waals surface area (Å²) in [7, 11) is 0. The van der Waals surface area contributed by atoms with Gasteiger partial charge in [0.05, 0.1) is 5.69 Å². The maximum atomic E-state index is 11.8. The summed E-state index contributed by atoms with van der Waals surface area (Å²) in [6.45, 7) is 5.83. The molecule has 0 saturated carbocycles. The van der Waals surface area contributed by atoms with Crippen molar-refractivity contribution in [1.29, 1.82) is 0 Å². The van der Waals surface area contributed by atoms with Gasteiger partial charge in [-0.2, -0.15) is 0 Å². The van der Waals surface area contributed by atoms with Crippen molar-refractivity contribution in [2.24, 2.45) is 0 Å². The predicted molar refractivity (Wildman–Crippen MR) is 76.8 cm³/mol. The molecule has 0 atom stereocenters. The number of nitrogens with zero attached hydrogens (tertiary/aromatic N) is 1. The molecule has 0 saturated heterocycles. The van der Waals surface area contributed by atoms with E-state index in [1.165, 1.54) is 0 Å². The minimum absolute atomic E-state index is 0.0579. The van der Waals surface area contributed by atoms with Gasteiger partial charge in [0.15, 0.2) is 0 Å². The van der Waals surface area contributed by atoms with Crippen molar-refractivity contribution in [3.8, 4) is 11.4 Å². The topological polar surface area (TPSA) is 45.8 Å². The molecular weight excluding hydrogens is 292 g/mol. The highest BCUT2D eigenvalue weighted by atomic mass is 79.9. The van der Waals surface area contributed by atoms with Gasteiger partial charge in [0.1, 0.15) is 5.82 Å². The van der Waals surface area contributed by atoms with Crippen LogP contribution in [0.3, 0.4) is 0 Å². The summed E-state index contributed by atoms with van der Waals surface area (Å²) in [6.07, 6.45) is 0.762. The van der Waals surface area contributed by atoms with Crippen LogP contribution in [0, 0.1) is 13.8 Å². The number of aryl methyl sites for hydroxylation is 2. The lowest BCUT2D eigenvalue weighted by atomic mass is 10.1. The van der Waals surface area contributed by atoms with Crippen LogP contribution < -0.4 is 5.56 Å². The predicted octanol–water partition coefficient (Wildman–Crippen LogP) is 3.38. The SMILES string of the molecule is CCc1nc(-c2ccc(Br)c(C)c2)[nH]c(=O)c1C. The molecule has 0 unspecified atom stereocenters. The maximum Gasteiger partial charge on any atom is 0.254 e. The fourth-order valence-electron chi connectivity index (χ4n) is 1.85. The first-order chi connectivity index (χ1) is 8.52. The Kier molecular flexibility index (Phi) is 3.66. The second kappa shape index (κ2) is 5.06. The molecule has 1 aromatic heterocycles. The number of aromatic amines is 1. The Labute approximate surface area is 114 Å². The molecule has 0 bridgehead atoms. The van der Waals surface area contributed by atoms with Crippen LogP contribution >= 0.6 is 15.9 Å². The Morgan fingerprint density at radius 1 is 1.33 bits per heavy atom. The Morgan fingerprint density at radius 2 is 2.06 bits per heavy atom. The molecule has 3 nitrogen and oxygen atoms in total. The number of hydrogen-bond donors (Lipinski definition) is 1. The van der Waals surface area contributed by atoms with E-state index in [9.17, 15) is 4.79 Å². The maximum absolute atomic E-state index is 11.8. The molecule has 1 aromatic carbocycles. The van der Waals surface area contributed by atoms with E-state index in [0.717, 1.165) is 27.7 Å². The third-order valence-corrected chi connectivity index (χ3v) is 3.91. The molecule has 0 fully saturated rings. The molecule has 4 heteroatoms. The zero-order valence-electron chi connectivity index (χ0n) is 10.7. The van der Waals surface area contributed by atoms with Crippen LogP contribution in [0.1, 0.15) is 23.7 Å². The van der Waals surface area contributed by atoms with Crippen LogP contribution in [0.5, 0.6) is 0 Å². The highest BCUT2D eigenvalue weighted by Gasteiger charge is 2.08. The summed E-state index contributed by atoms with van der Waals surface area (Å²) in [6, 6.07) is 5.93. The quantitative estimate of drug-likeness (QED) is 0.924. The third-order valence-electron chi connectivity index (χ3n) is 3.02. The molecule has 18 heavy (non-hydrogen) atoms. The molecular formula is C14H15BrN2O. The smallest absolute Gasteiger partial charge is 0.254 e. The number of nitrogens with one attached hydrogen (secondary N) is 1. The minimum atomic E-state index is -0.0579. The molecule has 2 aromatic rings. The van der Waals surface area contributed by atoms with Gasteiger partial charge >= 0.3 is 0 Å². The average Bonchev–Trinajstić information content (AvgIpc) is 2.36. The average molecular weight is 307 g/mol. The number of rotatable bonds is 2. The Hall–Kier alpha value is -1.42. The second-order valence-electron chi connectivity index (χ2n) is 4.30. The Balaban J connectivity index is 2.60. The second-order valence-corrected chi connectivity index (χ2v) is 5.16. The molecule has 0 aliphatic rings. The van der Waals surface area contributed by atoms with Gasteiger partial charge in [0.2, 0.25) is 0 Å². The lowest BCUT2D eigenvalue weighted by Gasteiger charge is -2.07. The largest absolute Gasteiger partial charge is 0.306 e. The van der Waals surface area contributed by atoms with Crippen LogP contribution in [-0.2, 0) is 6.42 Å². The van der Waals surface area contributed by atoms with Crippen molar-refractivity contribution in [3.05, 3.63) is 49.8 Å². The molecule has 2 rings (SSSR count). The third kappa shape index (κ3) is 2.38. The first-order valence-corrected chi connectivity index (χ1v) is 6.68. The summed E-state index contributed by atoms with van der Waals surface area (Å²) in [4.78, 5) is 19.2. The van der Waals surface area contributed by atoms with Crippen LogP contribution in [0.25, 0.3) is 11.4 Å². The van der Waals surface area contributed by atoms with Gasteiger partial charge in [-0.05, 0) is 38.0 Å². The molecule has 1 heterocycles. The van der Waals surface area contributed by atoms with Gasteiger partial charge in [0, 0.05) is 15.6 Å². The van der Waals surface area contributed by atoms with Crippen molar-refractivity contribution in [3.63, 3.8) is 0 Å². The lowest BCUT2D eigenvalue weighted by molar-refractivity contribution is 0.954. The fourth-order valence-corrected chi connectivity index (χ4v) is 2.10. The van der Waals surface area contributed by atoms with Gasteiger partial charge in [-0.15, -0.1) is 0 Å². The van der Waals surface area contributed by atoms with E-state index in [0.29, 0.717) is 11.4 Å². The molecule has 0 spiro atoms. The minimum Gasteiger partial charge on any atom is -0.306 e. The molecule has 0 amide bonds. The number of benzene rings is 1. The van der Waals surface area contributed by atoms with E-state index < -0.39 is 0 Å². The van der Waals surface area contributed by atoms with E-state index in [4.69, 9.17) is 0 Å². The number of aromatic nitrogens is 2. The Bertz CT molecular complexity index is 647. The van der Waals surface area contributed by atoms with Gasteiger partial charge in [-0.25, -0.2) is 4.98 Å². The van der Waals surface area contributed by atoms with Crippen LogP contribution in [0.2, 0.25) is 0 Å². The van der Waals surface area contributed by atoms with E-state index in [2.05, 4.69) is 25.9 Å². The van der Waals surface area contributed by atoms with Gasteiger partial charge < -0.3 is 4.98 Å². The molecule has 0 aliphatic heterocycles. The number of halogens is 1. The van der Waals surface area contributed by atoms with Crippen molar-refractivity contribution < 1.29 is 0 Å². The fraction of sp³-hybridized carbons (Fsp3) is 0.286. The molecule has 0 aliphatic carbocycles. The van der Waals surface area contributed by atoms with E-state index >= 15 is 0 Å². The van der Waals surface area contributed by atoms with E-state index in [-0.39, 0.29) is 5.56 Å². The lowest BCUT2D eigenvalue weighted by Crippen LogP contribution is -2.15. The first-order valence-electron chi connectivity index (χ1n) is 5.89. The van der Waals surface area contributed by atoms with E-state index in [1.54, 1.807) is 6.92 Å². The van der Waals surface area contributed by atoms with E-state index in [1.807, 2.05) is 32.0 Å². The van der Waals surface area contributed by atoms with Gasteiger partial charge in [0.25, 0.3) is 5.56 Å². The summed E-state index contributed by atoms with van der Waals surface area (Å²) in [5.41, 5.74) is 3.55. The number of H-pyrrole nitrogens is 1. The van der Waals surface area contributed by atoms with Gasteiger partial charge in [-0.3, -0.25) is 4.79 Å². The molecule has 0 radical (unpaired) electrons. The molecule has 94 valence electrons. The van der Waals surface area contributed by atoms with Gasteiger partial charge in [-0.1, -0.05) is 28.9 Å². The van der Waals surface area contributed by atoms with Crippen LogP contribution in [0.15, 0.2) is 27.5 Å². The summed E-state index contributed by atoms with van der Waals surface area (Å²) in [5, 5.41) is 0. The van der Waals surface area contributed by atoms with Crippen LogP contribution in [-0.4, -0.2) is 9.97 Å². The normalized spacial score (nSPS) is 10.7. The van der Waals surface area contributed by atoms with Crippen molar-refractivity contribution in [1.82, 2.24) is 9.97 Å². The summed E-state index contributed by atoms with van der Waals surface area (Å²) in [5.74, 6) is 0.637. The monoisotopic (exact) mass is 306 g/mol. The highest BCUT2D eigenvalue weighted by molar-refractivity contribution is 9.10. The van der Waals surface area contributed by atoms with Crippen molar-refractivity contribution >= 4 is 15.9 Å². The number of hydrogen-bond acceptors (Lipinski definition) is 2. The van der Waals surface area contributed by atoms with Crippen LogP contribution in [0.4, 0.5) is 0 Å². The zero-order chi connectivity index (χ0) is 13.3. The first kappa shape index (κ1) is 13.0. The Morgan fingerprint density at radius 3 is 2.67 bits per heavy atom. The molecule has 1 N–H and O–H groups in total. The van der Waals surface area contributed by atoms with Crippen molar-refractivity contribution in [2.45, 2.75) is 27.2 Å². The summed E-state index contributed by atoms with van der Waals surface area (Å²) >= 11 is 3.46. The standard InChI is InChI=1S/C14H15BrN2O/c1-4-12-9(3)14(18)17-13(16-12)10-5-6-11(15)8(2)7-10/h5-7H,4H2,1-3H3,(H,16,17,18).